The minimum absolute atomic E-state index is 0.00506. The van der Waals surface area contributed by atoms with Crippen LogP contribution in [0, 0.1) is 5.82 Å². The van der Waals surface area contributed by atoms with Crippen molar-refractivity contribution in [2.45, 2.75) is 32.5 Å². The predicted molar refractivity (Wildman–Crippen MR) is 115 cm³/mol. The average Bonchev–Trinajstić information content (AvgIpc) is 3.10. The first-order valence-corrected chi connectivity index (χ1v) is 10.5. The number of amides is 2. The second-order valence-electron chi connectivity index (χ2n) is 7.71. The van der Waals surface area contributed by atoms with Gasteiger partial charge in [-0.2, -0.15) is 0 Å². The number of carbonyl (C=O) groups excluding carboxylic acids is 2. The molecule has 2 amide bonds. The van der Waals surface area contributed by atoms with Crippen LogP contribution in [0.4, 0.5) is 4.39 Å². The van der Waals surface area contributed by atoms with Crippen LogP contribution in [0.25, 0.3) is 0 Å². The van der Waals surface area contributed by atoms with Crippen LogP contribution >= 0.6 is 0 Å². The molecule has 2 heterocycles. The molecule has 9 heteroatoms. The maximum absolute atomic E-state index is 13.4. The zero-order valence-corrected chi connectivity index (χ0v) is 17.5. The van der Waals surface area contributed by atoms with E-state index in [1.807, 2.05) is 30.3 Å². The van der Waals surface area contributed by atoms with E-state index in [1.54, 1.807) is 12.1 Å². The Morgan fingerprint density at radius 1 is 1.03 bits per heavy atom. The van der Waals surface area contributed by atoms with Crippen molar-refractivity contribution >= 4 is 11.8 Å². The molecule has 32 heavy (non-hydrogen) atoms. The molecule has 0 bridgehead atoms. The number of carbonyl (C=O) groups is 2. The molecule has 0 unspecified atom stereocenters. The Morgan fingerprint density at radius 3 is 2.59 bits per heavy atom. The Labute approximate surface area is 184 Å². The fourth-order valence-corrected chi connectivity index (χ4v) is 3.73. The van der Waals surface area contributed by atoms with Crippen LogP contribution in [0.5, 0.6) is 0 Å². The maximum atomic E-state index is 13.4. The van der Waals surface area contributed by atoms with Crippen LogP contribution in [-0.2, 0) is 30.8 Å². The van der Waals surface area contributed by atoms with Crippen LogP contribution < -0.4 is 11.0 Å². The lowest BCUT2D eigenvalue weighted by atomic mass is 10.1. The number of halogens is 1. The molecule has 1 aliphatic rings. The Morgan fingerprint density at radius 2 is 1.81 bits per heavy atom. The molecule has 2 aromatic carbocycles. The molecule has 1 aliphatic heterocycles. The van der Waals surface area contributed by atoms with Crippen molar-refractivity contribution in [2.75, 3.05) is 13.1 Å². The first-order chi connectivity index (χ1) is 15.5. The fourth-order valence-electron chi connectivity index (χ4n) is 3.73. The molecule has 0 atom stereocenters. The second kappa shape index (κ2) is 9.59. The van der Waals surface area contributed by atoms with E-state index in [4.69, 9.17) is 0 Å². The highest BCUT2D eigenvalue weighted by atomic mass is 19.1. The van der Waals surface area contributed by atoms with Gasteiger partial charge in [-0.05, 0) is 36.1 Å². The molecule has 3 aromatic rings. The Kier molecular flexibility index (Phi) is 6.44. The van der Waals surface area contributed by atoms with Crippen LogP contribution in [-0.4, -0.2) is 44.2 Å². The normalized spacial score (nSPS) is 13.2. The molecule has 0 radical (unpaired) electrons. The smallest absolute Gasteiger partial charge is 0.346 e. The SMILES string of the molecule is O=C(Cn1nc2n(c1=O)CCN(Cc1cccc(F)c1)C2=O)NCCCc1ccccc1. The molecule has 0 saturated heterocycles. The summed E-state index contributed by atoms with van der Waals surface area (Å²) in [5.74, 6) is -1.13. The molecule has 8 nitrogen and oxygen atoms in total. The molecule has 0 aliphatic carbocycles. The minimum Gasteiger partial charge on any atom is -0.354 e. The molecule has 1 N–H and O–H groups in total. The average molecular weight is 437 g/mol. The quantitative estimate of drug-likeness (QED) is 0.542. The first kappa shape index (κ1) is 21.5. The van der Waals surface area contributed by atoms with E-state index in [0.717, 1.165) is 17.5 Å². The summed E-state index contributed by atoms with van der Waals surface area (Å²) in [5, 5.41) is 6.89. The van der Waals surface area contributed by atoms with Crippen molar-refractivity contribution in [2.24, 2.45) is 0 Å². The molecule has 166 valence electrons. The topological polar surface area (TPSA) is 89.2 Å². The van der Waals surface area contributed by atoms with Gasteiger partial charge in [0.1, 0.15) is 12.4 Å². The molecule has 1 aromatic heterocycles. The third-order valence-corrected chi connectivity index (χ3v) is 5.36. The van der Waals surface area contributed by atoms with Gasteiger partial charge in [-0.1, -0.05) is 42.5 Å². The summed E-state index contributed by atoms with van der Waals surface area (Å²) < 4.78 is 15.7. The van der Waals surface area contributed by atoms with Gasteiger partial charge in [0.15, 0.2) is 0 Å². The number of hydrogen-bond donors (Lipinski definition) is 1. The summed E-state index contributed by atoms with van der Waals surface area (Å²) in [5.41, 5.74) is 1.36. The van der Waals surface area contributed by atoms with Crippen molar-refractivity contribution in [1.82, 2.24) is 24.6 Å². The second-order valence-corrected chi connectivity index (χ2v) is 7.71. The molecule has 0 fully saturated rings. The lowest BCUT2D eigenvalue weighted by molar-refractivity contribution is -0.121. The summed E-state index contributed by atoms with van der Waals surface area (Å²) in [7, 11) is 0. The van der Waals surface area contributed by atoms with E-state index in [1.165, 1.54) is 27.2 Å². The number of benzene rings is 2. The van der Waals surface area contributed by atoms with Gasteiger partial charge in [0.25, 0.3) is 5.91 Å². The fraction of sp³-hybridized carbons (Fsp3) is 0.304. The Hall–Kier alpha value is -3.75. The third kappa shape index (κ3) is 4.93. The summed E-state index contributed by atoms with van der Waals surface area (Å²) in [4.78, 5) is 39.2. The van der Waals surface area contributed by atoms with Gasteiger partial charge in [0.2, 0.25) is 11.7 Å². The van der Waals surface area contributed by atoms with E-state index in [2.05, 4.69) is 10.4 Å². The molecular formula is C23H24FN5O3. The van der Waals surface area contributed by atoms with Crippen molar-refractivity contribution in [3.05, 3.63) is 87.9 Å². The number of rotatable bonds is 8. The highest BCUT2D eigenvalue weighted by Gasteiger charge is 2.30. The highest BCUT2D eigenvalue weighted by Crippen LogP contribution is 2.13. The van der Waals surface area contributed by atoms with Crippen molar-refractivity contribution in [3.63, 3.8) is 0 Å². The van der Waals surface area contributed by atoms with Crippen molar-refractivity contribution in [3.8, 4) is 0 Å². The maximum Gasteiger partial charge on any atom is 0.346 e. The van der Waals surface area contributed by atoms with E-state index in [9.17, 15) is 18.8 Å². The van der Waals surface area contributed by atoms with E-state index in [-0.39, 0.29) is 37.2 Å². The van der Waals surface area contributed by atoms with E-state index >= 15 is 0 Å². The van der Waals surface area contributed by atoms with Crippen molar-refractivity contribution in [1.29, 1.82) is 0 Å². The largest absolute Gasteiger partial charge is 0.354 e. The number of nitrogens with one attached hydrogen (secondary N) is 1. The standard InChI is InChI=1S/C23H24FN5O3/c24-19-10-4-8-18(14-19)15-27-12-13-28-21(22(27)31)26-29(23(28)32)16-20(30)25-11-5-9-17-6-2-1-3-7-17/h1-4,6-8,10,14H,5,9,11-13,15-16H2,(H,25,30). The first-order valence-electron chi connectivity index (χ1n) is 10.5. The number of fused-ring (bicyclic) bond motifs is 1. The molecular weight excluding hydrogens is 413 g/mol. The summed E-state index contributed by atoms with van der Waals surface area (Å²) in [6, 6.07) is 16.0. The monoisotopic (exact) mass is 437 g/mol. The van der Waals surface area contributed by atoms with Gasteiger partial charge in [-0.3, -0.25) is 14.2 Å². The summed E-state index contributed by atoms with van der Waals surface area (Å²) in [6.07, 6.45) is 1.62. The van der Waals surface area contributed by atoms with Gasteiger partial charge in [0, 0.05) is 26.2 Å². The van der Waals surface area contributed by atoms with Crippen molar-refractivity contribution < 1.29 is 14.0 Å². The van der Waals surface area contributed by atoms with Gasteiger partial charge in [0.05, 0.1) is 0 Å². The van der Waals surface area contributed by atoms with Crippen LogP contribution in [0.2, 0.25) is 0 Å². The van der Waals surface area contributed by atoms with Gasteiger partial charge >= 0.3 is 5.69 Å². The van der Waals surface area contributed by atoms with Gasteiger partial charge < -0.3 is 10.2 Å². The Bertz CT molecular complexity index is 1170. The highest BCUT2D eigenvalue weighted by molar-refractivity contribution is 5.91. The third-order valence-electron chi connectivity index (χ3n) is 5.36. The Balaban J connectivity index is 1.34. The summed E-state index contributed by atoms with van der Waals surface area (Å²) >= 11 is 0. The predicted octanol–water partition coefficient (Wildman–Crippen LogP) is 1.59. The zero-order chi connectivity index (χ0) is 22.5. The minimum atomic E-state index is -0.488. The van der Waals surface area contributed by atoms with Crippen LogP contribution in [0.1, 0.15) is 28.2 Å². The van der Waals surface area contributed by atoms with Crippen LogP contribution in [0.15, 0.2) is 59.4 Å². The van der Waals surface area contributed by atoms with Crippen LogP contribution in [0.3, 0.4) is 0 Å². The number of nitrogens with zero attached hydrogens (tertiary/aromatic N) is 4. The number of aryl methyl sites for hydroxylation is 1. The van der Waals surface area contributed by atoms with E-state index in [0.29, 0.717) is 18.7 Å². The van der Waals surface area contributed by atoms with Gasteiger partial charge in [-0.25, -0.2) is 13.9 Å². The lowest BCUT2D eigenvalue weighted by Crippen LogP contribution is -2.42. The number of hydrogen-bond acceptors (Lipinski definition) is 4. The molecule has 0 saturated carbocycles. The number of aromatic nitrogens is 3. The zero-order valence-electron chi connectivity index (χ0n) is 17.5. The molecule has 4 rings (SSSR count). The lowest BCUT2D eigenvalue weighted by Gasteiger charge is -2.26. The molecule has 0 spiro atoms. The summed E-state index contributed by atoms with van der Waals surface area (Å²) in [6.45, 7) is 1.03. The van der Waals surface area contributed by atoms with E-state index < -0.39 is 11.6 Å². The van der Waals surface area contributed by atoms with Gasteiger partial charge in [-0.15, -0.1) is 5.10 Å².